The van der Waals surface area contributed by atoms with Crippen molar-refractivity contribution in [1.29, 1.82) is 0 Å². The minimum absolute atomic E-state index is 0.185. The van der Waals surface area contributed by atoms with Crippen molar-refractivity contribution in [3.05, 3.63) is 48.0 Å². The lowest BCUT2D eigenvalue weighted by Crippen LogP contribution is -1.97. The van der Waals surface area contributed by atoms with E-state index < -0.39 is 0 Å². The van der Waals surface area contributed by atoms with Gasteiger partial charge in [0.15, 0.2) is 11.5 Å². The van der Waals surface area contributed by atoms with Gasteiger partial charge in [-0.25, -0.2) is 0 Å². The number of benzene rings is 2. The highest BCUT2D eigenvalue weighted by atomic mass is 16.5. The first kappa shape index (κ1) is 13.1. The Bertz CT molecular complexity index is 552. The molecule has 0 aliphatic rings. The molecule has 0 saturated carbocycles. The average Bonchev–Trinajstić information content (AvgIpc) is 2.45. The first-order chi connectivity index (χ1) is 9.22. The molecule has 0 amide bonds. The Kier molecular flexibility index (Phi) is 4.13. The van der Waals surface area contributed by atoms with Crippen molar-refractivity contribution in [3.8, 4) is 23.0 Å². The van der Waals surface area contributed by atoms with Gasteiger partial charge in [-0.3, -0.25) is 0 Å². The highest BCUT2D eigenvalue weighted by Gasteiger charge is 2.05. The second-order valence-electron chi connectivity index (χ2n) is 3.98. The van der Waals surface area contributed by atoms with E-state index in [2.05, 4.69) is 0 Å². The molecule has 0 saturated heterocycles. The van der Waals surface area contributed by atoms with E-state index in [9.17, 15) is 5.11 Å². The monoisotopic (exact) mass is 260 g/mol. The van der Waals surface area contributed by atoms with Gasteiger partial charge in [-0.1, -0.05) is 12.1 Å². The van der Waals surface area contributed by atoms with Crippen LogP contribution in [-0.2, 0) is 6.61 Å². The summed E-state index contributed by atoms with van der Waals surface area (Å²) in [7, 11) is 3.19. The lowest BCUT2D eigenvalue weighted by Gasteiger charge is -2.10. The van der Waals surface area contributed by atoms with Gasteiger partial charge in [-0.15, -0.1) is 0 Å². The van der Waals surface area contributed by atoms with Crippen LogP contribution in [0.3, 0.4) is 0 Å². The summed E-state index contributed by atoms with van der Waals surface area (Å²) < 4.78 is 16.0. The van der Waals surface area contributed by atoms with Gasteiger partial charge in [-0.2, -0.15) is 0 Å². The Balaban J connectivity index is 2.07. The smallest absolute Gasteiger partial charge is 0.161 e. The number of aromatic hydroxyl groups is 1. The number of methoxy groups -OCH3 is 2. The summed E-state index contributed by atoms with van der Waals surface area (Å²) in [5.41, 5.74) is 0.959. The van der Waals surface area contributed by atoms with Crippen molar-refractivity contribution in [3.63, 3.8) is 0 Å². The van der Waals surface area contributed by atoms with Crippen LogP contribution in [0.1, 0.15) is 5.56 Å². The van der Waals surface area contributed by atoms with Gasteiger partial charge >= 0.3 is 0 Å². The molecule has 19 heavy (non-hydrogen) atoms. The highest BCUT2D eigenvalue weighted by molar-refractivity contribution is 5.43. The maximum atomic E-state index is 9.34. The van der Waals surface area contributed by atoms with Crippen molar-refractivity contribution >= 4 is 0 Å². The van der Waals surface area contributed by atoms with E-state index in [1.165, 1.54) is 0 Å². The second-order valence-corrected chi connectivity index (χ2v) is 3.98. The van der Waals surface area contributed by atoms with Crippen LogP contribution in [0, 0.1) is 0 Å². The minimum Gasteiger partial charge on any atom is -0.508 e. The third-order valence-electron chi connectivity index (χ3n) is 2.67. The molecule has 0 unspecified atom stereocenters. The van der Waals surface area contributed by atoms with Gasteiger partial charge in [0.25, 0.3) is 0 Å². The van der Waals surface area contributed by atoms with Crippen molar-refractivity contribution < 1.29 is 19.3 Å². The summed E-state index contributed by atoms with van der Waals surface area (Å²) in [6, 6.07) is 12.3. The lowest BCUT2D eigenvalue weighted by molar-refractivity contribution is 0.302. The van der Waals surface area contributed by atoms with Gasteiger partial charge in [0, 0.05) is 6.07 Å². The number of phenolic OH excluding ortho intramolecular Hbond substituents is 1. The molecule has 0 aromatic heterocycles. The fourth-order valence-corrected chi connectivity index (χ4v) is 1.71. The zero-order chi connectivity index (χ0) is 13.7. The molecule has 2 rings (SSSR count). The van der Waals surface area contributed by atoms with Crippen LogP contribution < -0.4 is 14.2 Å². The van der Waals surface area contributed by atoms with Crippen molar-refractivity contribution in [2.45, 2.75) is 6.61 Å². The van der Waals surface area contributed by atoms with Crippen molar-refractivity contribution in [2.75, 3.05) is 14.2 Å². The summed E-state index contributed by atoms with van der Waals surface area (Å²) in [4.78, 5) is 0. The van der Waals surface area contributed by atoms with Crippen LogP contribution in [0.2, 0.25) is 0 Å². The van der Waals surface area contributed by atoms with Gasteiger partial charge < -0.3 is 19.3 Å². The molecule has 2 aromatic rings. The lowest BCUT2D eigenvalue weighted by atomic mass is 10.2. The topological polar surface area (TPSA) is 47.9 Å². The van der Waals surface area contributed by atoms with E-state index in [0.29, 0.717) is 23.9 Å². The van der Waals surface area contributed by atoms with E-state index in [4.69, 9.17) is 14.2 Å². The van der Waals surface area contributed by atoms with E-state index in [0.717, 1.165) is 5.56 Å². The van der Waals surface area contributed by atoms with Crippen molar-refractivity contribution in [1.82, 2.24) is 0 Å². The Morgan fingerprint density at radius 3 is 2.42 bits per heavy atom. The van der Waals surface area contributed by atoms with Gasteiger partial charge in [0.05, 0.1) is 14.2 Å². The summed E-state index contributed by atoms with van der Waals surface area (Å²) >= 11 is 0. The molecule has 4 nitrogen and oxygen atoms in total. The van der Waals surface area contributed by atoms with Gasteiger partial charge in [-0.05, 0) is 29.8 Å². The Hall–Kier alpha value is -2.36. The molecule has 2 aromatic carbocycles. The largest absolute Gasteiger partial charge is 0.508 e. The highest BCUT2D eigenvalue weighted by Crippen LogP contribution is 2.28. The number of ether oxygens (including phenoxy) is 3. The van der Waals surface area contributed by atoms with E-state index >= 15 is 0 Å². The SMILES string of the molecule is COc1ccc(COc2cccc(O)c2)cc1OC. The maximum absolute atomic E-state index is 9.34. The number of hydrogen-bond donors (Lipinski definition) is 1. The maximum Gasteiger partial charge on any atom is 0.161 e. The summed E-state index contributed by atoms with van der Waals surface area (Å²) in [6.45, 7) is 0.393. The van der Waals surface area contributed by atoms with Crippen LogP contribution in [0.25, 0.3) is 0 Å². The van der Waals surface area contributed by atoms with Crippen LogP contribution >= 0.6 is 0 Å². The normalized spacial score (nSPS) is 10.0. The van der Waals surface area contributed by atoms with Gasteiger partial charge in [0.1, 0.15) is 18.1 Å². The first-order valence-electron chi connectivity index (χ1n) is 5.85. The standard InChI is InChI=1S/C15H16O4/c1-17-14-7-6-11(8-15(14)18-2)10-19-13-5-3-4-12(16)9-13/h3-9,16H,10H2,1-2H3. The first-order valence-corrected chi connectivity index (χ1v) is 5.85. The molecule has 0 fully saturated rings. The Labute approximate surface area is 112 Å². The molecular formula is C15H16O4. The molecule has 1 N–H and O–H groups in total. The van der Waals surface area contributed by atoms with Crippen LogP contribution in [-0.4, -0.2) is 19.3 Å². The molecule has 4 heteroatoms. The molecule has 0 aliphatic carbocycles. The quantitative estimate of drug-likeness (QED) is 0.897. The molecule has 0 radical (unpaired) electrons. The molecular weight excluding hydrogens is 244 g/mol. The van der Waals surface area contributed by atoms with Crippen LogP contribution in [0.4, 0.5) is 0 Å². The zero-order valence-electron chi connectivity index (χ0n) is 10.9. The van der Waals surface area contributed by atoms with Crippen LogP contribution in [0.15, 0.2) is 42.5 Å². The van der Waals surface area contributed by atoms with E-state index in [1.807, 2.05) is 18.2 Å². The number of phenols is 1. The summed E-state index contributed by atoms with van der Waals surface area (Å²) in [5.74, 6) is 2.16. The Morgan fingerprint density at radius 1 is 0.947 bits per heavy atom. The molecule has 0 spiro atoms. The fraction of sp³-hybridized carbons (Fsp3) is 0.200. The predicted octanol–water partition coefficient (Wildman–Crippen LogP) is 2.99. The molecule has 100 valence electrons. The van der Waals surface area contributed by atoms with E-state index in [-0.39, 0.29) is 5.75 Å². The molecule has 0 aliphatic heterocycles. The predicted molar refractivity (Wildman–Crippen MR) is 72.0 cm³/mol. The molecule has 0 heterocycles. The number of rotatable bonds is 5. The zero-order valence-corrected chi connectivity index (χ0v) is 10.9. The Morgan fingerprint density at radius 2 is 1.74 bits per heavy atom. The molecule has 0 atom stereocenters. The van der Waals surface area contributed by atoms with Gasteiger partial charge in [0.2, 0.25) is 0 Å². The van der Waals surface area contributed by atoms with E-state index in [1.54, 1.807) is 38.5 Å². The van der Waals surface area contributed by atoms with Crippen molar-refractivity contribution in [2.24, 2.45) is 0 Å². The fourth-order valence-electron chi connectivity index (χ4n) is 1.71. The van der Waals surface area contributed by atoms with Crippen LogP contribution in [0.5, 0.6) is 23.0 Å². The number of hydrogen-bond acceptors (Lipinski definition) is 4. The molecule has 0 bridgehead atoms. The average molecular weight is 260 g/mol. The third kappa shape index (κ3) is 3.31. The summed E-state index contributed by atoms with van der Waals surface area (Å²) in [5, 5.41) is 9.34. The summed E-state index contributed by atoms with van der Waals surface area (Å²) in [6.07, 6.45) is 0. The second kappa shape index (κ2) is 6.00. The minimum atomic E-state index is 0.185. The third-order valence-corrected chi connectivity index (χ3v) is 2.67.